The third-order valence-electron chi connectivity index (χ3n) is 1.89. The Balaban J connectivity index is 3.05. The number of rotatable bonds is 4. The summed E-state index contributed by atoms with van der Waals surface area (Å²) < 4.78 is 33.3. The van der Waals surface area contributed by atoms with Crippen LogP contribution >= 0.6 is 0 Å². The van der Waals surface area contributed by atoms with Gasteiger partial charge in [-0.25, -0.2) is 0 Å². The normalized spacial score (nSPS) is 12.7. The fourth-order valence-electron chi connectivity index (χ4n) is 1.18. The zero-order chi connectivity index (χ0) is 11.4. The molecule has 0 radical (unpaired) electrons. The maximum absolute atomic E-state index is 12.1. The maximum Gasteiger partial charge on any atom is 0.387 e. The summed E-state index contributed by atoms with van der Waals surface area (Å²) in [5.41, 5.74) is 0.302. The minimum absolute atomic E-state index is 0.0700. The van der Waals surface area contributed by atoms with E-state index in [2.05, 4.69) is 4.74 Å². The number of aliphatic hydroxyl groups excluding tert-OH is 1. The first-order valence-corrected chi connectivity index (χ1v) is 4.35. The third kappa shape index (κ3) is 3.06. The van der Waals surface area contributed by atoms with Crippen LogP contribution in [0.15, 0.2) is 18.2 Å². The van der Waals surface area contributed by atoms with Crippen molar-refractivity contribution in [1.29, 1.82) is 0 Å². The van der Waals surface area contributed by atoms with Crippen LogP contribution in [0.4, 0.5) is 8.78 Å². The molecule has 84 valence electrons. The number of aliphatic hydroxyl groups is 1. The Morgan fingerprint density at radius 3 is 2.47 bits per heavy atom. The van der Waals surface area contributed by atoms with E-state index in [1.807, 2.05) is 0 Å². The van der Waals surface area contributed by atoms with Gasteiger partial charge in [0.05, 0.1) is 13.2 Å². The summed E-state index contributed by atoms with van der Waals surface area (Å²) in [5.74, 6) is 0.328. The van der Waals surface area contributed by atoms with Gasteiger partial charge in [0.25, 0.3) is 0 Å². The molecule has 0 saturated heterocycles. The van der Waals surface area contributed by atoms with Crippen molar-refractivity contribution in [2.24, 2.45) is 0 Å². The summed E-state index contributed by atoms with van der Waals surface area (Å²) in [6.07, 6.45) is -0.871. The molecule has 1 atom stereocenters. The molecule has 0 saturated carbocycles. The SMILES string of the molecule is COc1ccc([C@H](C)O)c(OC(F)F)c1. The highest BCUT2D eigenvalue weighted by Crippen LogP contribution is 2.30. The van der Waals surface area contributed by atoms with Gasteiger partial charge in [-0.1, -0.05) is 0 Å². The van der Waals surface area contributed by atoms with Gasteiger partial charge in [0, 0.05) is 11.6 Å². The van der Waals surface area contributed by atoms with Crippen LogP contribution in [0.2, 0.25) is 0 Å². The molecule has 15 heavy (non-hydrogen) atoms. The molecular weight excluding hydrogens is 206 g/mol. The molecule has 0 aliphatic rings. The largest absolute Gasteiger partial charge is 0.497 e. The van der Waals surface area contributed by atoms with E-state index in [-0.39, 0.29) is 5.75 Å². The zero-order valence-corrected chi connectivity index (χ0v) is 8.41. The second kappa shape index (κ2) is 4.93. The standard InChI is InChI=1S/C10H12F2O3/c1-6(13)8-4-3-7(14-2)5-9(8)15-10(11)12/h3-6,10,13H,1-2H3/t6-/m0/s1. The van der Waals surface area contributed by atoms with Crippen molar-refractivity contribution in [1.82, 2.24) is 0 Å². The minimum Gasteiger partial charge on any atom is -0.497 e. The number of alkyl halides is 2. The Morgan fingerprint density at radius 2 is 2.00 bits per heavy atom. The molecule has 0 aliphatic carbocycles. The molecule has 0 bridgehead atoms. The van der Waals surface area contributed by atoms with Crippen LogP contribution in [0, 0.1) is 0 Å². The maximum atomic E-state index is 12.1. The van der Waals surface area contributed by atoms with Gasteiger partial charge in [0.1, 0.15) is 11.5 Å². The fraction of sp³-hybridized carbons (Fsp3) is 0.400. The molecule has 5 heteroatoms. The summed E-state index contributed by atoms with van der Waals surface area (Å²) in [6.45, 7) is -1.45. The van der Waals surface area contributed by atoms with Crippen molar-refractivity contribution >= 4 is 0 Å². The number of hydrogen-bond donors (Lipinski definition) is 1. The highest BCUT2D eigenvalue weighted by atomic mass is 19.3. The van der Waals surface area contributed by atoms with Crippen molar-refractivity contribution < 1.29 is 23.4 Å². The van der Waals surface area contributed by atoms with Gasteiger partial charge in [0.15, 0.2) is 0 Å². The molecule has 1 aromatic rings. The van der Waals surface area contributed by atoms with E-state index < -0.39 is 12.7 Å². The zero-order valence-electron chi connectivity index (χ0n) is 8.41. The molecule has 0 aromatic heterocycles. The number of benzene rings is 1. The summed E-state index contributed by atoms with van der Waals surface area (Å²) in [7, 11) is 1.42. The first-order valence-electron chi connectivity index (χ1n) is 4.35. The van der Waals surface area contributed by atoms with E-state index >= 15 is 0 Å². The Morgan fingerprint density at radius 1 is 1.33 bits per heavy atom. The lowest BCUT2D eigenvalue weighted by atomic mass is 10.1. The van der Waals surface area contributed by atoms with Crippen molar-refractivity contribution in [2.45, 2.75) is 19.6 Å². The van der Waals surface area contributed by atoms with Crippen molar-refractivity contribution in [3.8, 4) is 11.5 Å². The van der Waals surface area contributed by atoms with Crippen molar-refractivity contribution in [2.75, 3.05) is 7.11 Å². The molecular formula is C10H12F2O3. The van der Waals surface area contributed by atoms with E-state index in [9.17, 15) is 13.9 Å². The second-order valence-electron chi connectivity index (χ2n) is 2.96. The first kappa shape index (κ1) is 11.7. The lowest BCUT2D eigenvalue weighted by Crippen LogP contribution is -2.06. The molecule has 0 heterocycles. The van der Waals surface area contributed by atoms with Crippen molar-refractivity contribution in [3.05, 3.63) is 23.8 Å². The number of halogens is 2. The third-order valence-corrected chi connectivity index (χ3v) is 1.89. The monoisotopic (exact) mass is 218 g/mol. The topological polar surface area (TPSA) is 38.7 Å². The van der Waals surface area contributed by atoms with Crippen LogP contribution in [0.3, 0.4) is 0 Å². The molecule has 0 amide bonds. The lowest BCUT2D eigenvalue weighted by molar-refractivity contribution is -0.0515. The Hall–Kier alpha value is -1.36. The summed E-state index contributed by atoms with van der Waals surface area (Å²) >= 11 is 0. The molecule has 0 spiro atoms. The second-order valence-corrected chi connectivity index (χ2v) is 2.96. The van der Waals surface area contributed by atoms with E-state index in [0.717, 1.165) is 0 Å². The van der Waals surface area contributed by atoms with Gasteiger partial charge in [-0.2, -0.15) is 8.78 Å². The predicted octanol–water partition coefficient (Wildman–Crippen LogP) is 2.35. The molecule has 1 rings (SSSR count). The van der Waals surface area contributed by atoms with Gasteiger partial charge in [0.2, 0.25) is 0 Å². The van der Waals surface area contributed by atoms with Gasteiger partial charge in [-0.15, -0.1) is 0 Å². The summed E-state index contributed by atoms with van der Waals surface area (Å²) in [4.78, 5) is 0. The highest BCUT2D eigenvalue weighted by Gasteiger charge is 2.14. The van der Waals surface area contributed by atoms with Crippen molar-refractivity contribution in [3.63, 3.8) is 0 Å². The molecule has 3 nitrogen and oxygen atoms in total. The van der Waals surface area contributed by atoms with Gasteiger partial charge in [-0.3, -0.25) is 0 Å². The fourth-order valence-corrected chi connectivity index (χ4v) is 1.18. The van der Waals surface area contributed by atoms with E-state index in [1.54, 1.807) is 6.07 Å². The molecule has 0 aliphatic heterocycles. The van der Waals surface area contributed by atoms with Crippen LogP contribution in [0.1, 0.15) is 18.6 Å². The Bertz CT molecular complexity index is 326. The van der Waals surface area contributed by atoms with E-state index in [1.165, 1.54) is 26.2 Å². The van der Waals surface area contributed by atoms with Crippen LogP contribution in [0.5, 0.6) is 11.5 Å². The van der Waals surface area contributed by atoms with Gasteiger partial charge in [-0.05, 0) is 19.1 Å². The van der Waals surface area contributed by atoms with E-state index in [0.29, 0.717) is 11.3 Å². The Kier molecular flexibility index (Phi) is 3.85. The first-order chi connectivity index (χ1) is 7.04. The molecule has 0 fully saturated rings. The van der Waals surface area contributed by atoms with Gasteiger partial charge < -0.3 is 14.6 Å². The average molecular weight is 218 g/mol. The average Bonchev–Trinajstić information content (AvgIpc) is 2.16. The summed E-state index contributed by atoms with van der Waals surface area (Å²) in [5, 5.41) is 9.32. The smallest absolute Gasteiger partial charge is 0.387 e. The van der Waals surface area contributed by atoms with Crippen LogP contribution < -0.4 is 9.47 Å². The predicted molar refractivity (Wildman–Crippen MR) is 50.3 cm³/mol. The lowest BCUT2D eigenvalue weighted by Gasteiger charge is -2.13. The highest BCUT2D eigenvalue weighted by molar-refractivity contribution is 5.41. The number of ether oxygens (including phenoxy) is 2. The quantitative estimate of drug-likeness (QED) is 0.843. The number of hydrogen-bond acceptors (Lipinski definition) is 3. The molecule has 1 N–H and O–H groups in total. The van der Waals surface area contributed by atoms with Crippen LogP contribution in [0.25, 0.3) is 0 Å². The molecule has 0 unspecified atom stereocenters. The van der Waals surface area contributed by atoms with Crippen LogP contribution in [-0.2, 0) is 0 Å². The minimum atomic E-state index is -2.92. The number of methoxy groups -OCH3 is 1. The van der Waals surface area contributed by atoms with Crippen LogP contribution in [-0.4, -0.2) is 18.8 Å². The van der Waals surface area contributed by atoms with E-state index in [4.69, 9.17) is 4.74 Å². The molecule has 1 aromatic carbocycles. The Labute approximate surface area is 86.2 Å². The summed E-state index contributed by atoms with van der Waals surface area (Å²) in [6, 6.07) is 4.37. The van der Waals surface area contributed by atoms with Gasteiger partial charge >= 0.3 is 6.61 Å².